The van der Waals surface area contributed by atoms with E-state index in [9.17, 15) is 0 Å². The van der Waals surface area contributed by atoms with Gasteiger partial charge in [0.25, 0.3) is 0 Å². The van der Waals surface area contributed by atoms with Gasteiger partial charge in [0.1, 0.15) is 0 Å². The molecular formula is C14H21IN2. The molecule has 1 saturated heterocycles. The van der Waals surface area contributed by atoms with E-state index in [1.165, 1.54) is 28.5 Å². The lowest BCUT2D eigenvalue weighted by atomic mass is 10.0. The largest absolute Gasteiger partial charge is 0.324 e. The molecule has 2 nitrogen and oxygen atoms in total. The number of nitrogens with zero attached hydrogens (tertiary/aromatic N) is 1. The van der Waals surface area contributed by atoms with Crippen molar-refractivity contribution < 1.29 is 0 Å². The van der Waals surface area contributed by atoms with Crippen LogP contribution in [0.5, 0.6) is 0 Å². The van der Waals surface area contributed by atoms with Gasteiger partial charge in [-0.2, -0.15) is 0 Å². The second-order valence-corrected chi connectivity index (χ2v) is 6.91. The highest BCUT2D eigenvalue weighted by Crippen LogP contribution is 2.32. The maximum Gasteiger partial charge on any atom is 0.0349 e. The quantitative estimate of drug-likeness (QED) is 0.854. The minimum absolute atomic E-state index is 0.105. The number of hydrogen-bond acceptors (Lipinski definition) is 2. The summed E-state index contributed by atoms with van der Waals surface area (Å²) in [5.41, 5.74) is 7.47. The van der Waals surface area contributed by atoms with Crippen molar-refractivity contribution in [2.45, 2.75) is 38.3 Å². The molecule has 1 fully saturated rings. The van der Waals surface area contributed by atoms with E-state index in [0.29, 0.717) is 6.04 Å². The van der Waals surface area contributed by atoms with Crippen LogP contribution in [0.2, 0.25) is 0 Å². The van der Waals surface area contributed by atoms with Crippen LogP contribution in [-0.4, -0.2) is 23.5 Å². The summed E-state index contributed by atoms with van der Waals surface area (Å²) in [7, 11) is 0. The second-order valence-electron chi connectivity index (χ2n) is 5.67. The highest BCUT2D eigenvalue weighted by Gasteiger charge is 2.29. The maximum absolute atomic E-state index is 6.14. The van der Waals surface area contributed by atoms with E-state index in [-0.39, 0.29) is 5.54 Å². The van der Waals surface area contributed by atoms with Crippen LogP contribution in [0.4, 0.5) is 0 Å². The molecule has 2 N–H and O–H groups in total. The zero-order valence-corrected chi connectivity index (χ0v) is 12.8. The van der Waals surface area contributed by atoms with Crippen LogP contribution in [-0.2, 0) is 0 Å². The van der Waals surface area contributed by atoms with Gasteiger partial charge in [-0.25, -0.2) is 0 Å². The highest BCUT2D eigenvalue weighted by molar-refractivity contribution is 14.1. The standard InChI is InChI=1S/C14H21IN2/c1-14(2,16)10-17-9-3-4-13(17)11-5-7-12(15)8-6-11/h5-8,13H,3-4,9-10,16H2,1-2H3. The zero-order chi connectivity index (χ0) is 12.5. The third-order valence-electron chi connectivity index (χ3n) is 3.23. The Bertz CT molecular complexity index is 367. The summed E-state index contributed by atoms with van der Waals surface area (Å²) in [6, 6.07) is 9.47. The minimum Gasteiger partial charge on any atom is -0.324 e. The SMILES string of the molecule is CC(C)(N)CN1CCCC1c1ccc(I)cc1. The van der Waals surface area contributed by atoms with Crippen molar-refractivity contribution in [2.75, 3.05) is 13.1 Å². The molecule has 1 unspecified atom stereocenters. The summed E-state index contributed by atoms with van der Waals surface area (Å²) in [6.45, 7) is 6.37. The summed E-state index contributed by atoms with van der Waals surface area (Å²) >= 11 is 2.35. The molecule has 1 atom stereocenters. The summed E-state index contributed by atoms with van der Waals surface area (Å²) in [4.78, 5) is 2.53. The van der Waals surface area contributed by atoms with E-state index >= 15 is 0 Å². The van der Waals surface area contributed by atoms with Crippen molar-refractivity contribution in [3.05, 3.63) is 33.4 Å². The number of hydrogen-bond donors (Lipinski definition) is 1. The molecule has 0 aromatic heterocycles. The zero-order valence-electron chi connectivity index (χ0n) is 10.6. The predicted molar refractivity (Wildman–Crippen MR) is 81.0 cm³/mol. The predicted octanol–water partition coefficient (Wildman–Crippen LogP) is 3.17. The Kier molecular flexibility index (Phi) is 4.10. The third-order valence-corrected chi connectivity index (χ3v) is 3.95. The van der Waals surface area contributed by atoms with Gasteiger partial charge in [0.05, 0.1) is 0 Å². The van der Waals surface area contributed by atoms with Gasteiger partial charge in [0.2, 0.25) is 0 Å². The van der Waals surface area contributed by atoms with E-state index < -0.39 is 0 Å². The molecule has 17 heavy (non-hydrogen) atoms. The molecule has 1 aromatic rings. The lowest BCUT2D eigenvalue weighted by Gasteiger charge is -2.31. The normalized spacial score (nSPS) is 22.0. The van der Waals surface area contributed by atoms with Crippen molar-refractivity contribution in [1.29, 1.82) is 0 Å². The molecule has 1 heterocycles. The average Bonchev–Trinajstić information content (AvgIpc) is 2.64. The van der Waals surface area contributed by atoms with Gasteiger partial charge < -0.3 is 5.73 Å². The molecular weight excluding hydrogens is 323 g/mol. The molecule has 0 aliphatic carbocycles. The Hall–Kier alpha value is -0.130. The van der Waals surface area contributed by atoms with Gasteiger partial charge in [0.15, 0.2) is 0 Å². The molecule has 0 saturated carbocycles. The van der Waals surface area contributed by atoms with Crippen LogP contribution in [0.15, 0.2) is 24.3 Å². The van der Waals surface area contributed by atoms with E-state index in [1.807, 2.05) is 0 Å². The fraction of sp³-hybridized carbons (Fsp3) is 0.571. The molecule has 1 aromatic carbocycles. The van der Waals surface area contributed by atoms with E-state index in [1.54, 1.807) is 0 Å². The Morgan fingerprint density at radius 1 is 1.35 bits per heavy atom. The fourth-order valence-electron chi connectivity index (χ4n) is 2.60. The molecule has 94 valence electrons. The fourth-order valence-corrected chi connectivity index (χ4v) is 2.96. The molecule has 3 heteroatoms. The van der Waals surface area contributed by atoms with Gasteiger partial charge in [-0.1, -0.05) is 12.1 Å². The molecule has 0 bridgehead atoms. The van der Waals surface area contributed by atoms with Gasteiger partial charge >= 0.3 is 0 Å². The molecule has 0 amide bonds. The van der Waals surface area contributed by atoms with Gasteiger partial charge in [-0.15, -0.1) is 0 Å². The van der Waals surface area contributed by atoms with Gasteiger partial charge in [-0.3, -0.25) is 4.90 Å². The Labute approximate surface area is 118 Å². The Morgan fingerprint density at radius 2 is 2.00 bits per heavy atom. The summed E-state index contributed by atoms with van der Waals surface area (Å²) in [5, 5.41) is 0. The van der Waals surface area contributed by atoms with Crippen LogP contribution in [0.1, 0.15) is 38.3 Å². The van der Waals surface area contributed by atoms with Crippen molar-refractivity contribution in [3.8, 4) is 0 Å². The van der Waals surface area contributed by atoms with Gasteiger partial charge in [0, 0.05) is 21.7 Å². The van der Waals surface area contributed by atoms with Gasteiger partial charge in [-0.05, 0) is 73.5 Å². The first-order valence-corrected chi connectivity index (χ1v) is 7.32. The lowest BCUT2D eigenvalue weighted by Crippen LogP contribution is -2.45. The number of nitrogens with two attached hydrogens (primary N) is 1. The van der Waals surface area contributed by atoms with Crippen molar-refractivity contribution >= 4 is 22.6 Å². The molecule has 1 aliphatic rings. The molecule has 1 aliphatic heterocycles. The third kappa shape index (κ3) is 3.66. The topological polar surface area (TPSA) is 29.3 Å². The van der Waals surface area contributed by atoms with Crippen LogP contribution in [0.3, 0.4) is 0 Å². The van der Waals surface area contributed by atoms with Crippen LogP contribution >= 0.6 is 22.6 Å². The minimum atomic E-state index is -0.105. The maximum atomic E-state index is 6.14. The van der Waals surface area contributed by atoms with E-state index in [4.69, 9.17) is 5.73 Å². The van der Waals surface area contributed by atoms with Crippen LogP contribution in [0.25, 0.3) is 0 Å². The summed E-state index contributed by atoms with van der Waals surface area (Å²) in [6.07, 6.45) is 2.55. The average molecular weight is 344 g/mol. The Morgan fingerprint density at radius 3 is 2.59 bits per heavy atom. The number of halogens is 1. The van der Waals surface area contributed by atoms with Crippen molar-refractivity contribution in [1.82, 2.24) is 4.90 Å². The Balaban J connectivity index is 2.11. The summed E-state index contributed by atoms with van der Waals surface area (Å²) < 4.78 is 1.30. The monoisotopic (exact) mass is 344 g/mol. The first kappa shape index (κ1) is 13.3. The first-order valence-electron chi connectivity index (χ1n) is 6.24. The van der Waals surface area contributed by atoms with Crippen LogP contribution in [0, 0.1) is 3.57 Å². The second kappa shape index (κ2) is 5.24. The number of rotatable bonds is 3. The van der Waals surface area contributed by atoms with Crippen molar-refractivity contribution in [2.24, 2.45) is 5.73 Å². The highest BCUT2D eigenvalue weighted by atomic mass is 127. The summed E-state index contributed by atoms with van der Waals surface area (Å²) in [5.74, 6) is 0. The first-order chi connectivity index (χ1) is 7.96. The molecule has 2 rings (SSSR count). The number of likely N-dealkylation sites (tertiary alicyclic amines) is 1. The lowest BCUT2D eigenvalue weighted by molar-refractivity contribution is 0.211. The van der Waals surface area contributed by atoms with Crippen LogP contribution < -0.4 is 5.73 Å². The number of benzene rings is 1. The van der Waals surface area contributed by atoms with E-state index in [2.05, 4.69) is 65.6 Å². The molecule has 0 radical (unpaired) electrons. The smallest absolute Gasteiger partial charge is 0.0349 e. The molecule has 0 spiro atoms. The van der Waals surface area contributed by atoms with Crippen molar-refractivity contribution in [3.63, 3.8) is 0 Å². The van der Waals surface area contributed by atoms with E-state index in [0.717, 1.165) is 6.54 Å².